The maximum atomic E-state index is 12.2. The predicted molar refractivity (Wildman–Crippen MR) is 90.3 cm³/mol. The maximum Gasteiger partial charge on any atom is 0.253 e. The molecular formula is C18H20N4O. The van der Waals surface area contributed by atoms with E-state index in [1.807, 2.05) is 42.8 Å². The molecule has 3 aromatic rings. The summed E-state index contributed by atoms with van der Waals surface area (Å²) in [5, 5.41) is 8.21. The molecule has 5 heteroatoms. The van der Waals surface area contributed by atoms with E-state index in [4.69, 9.17) is 0 Å². The lowest BCUT2D eigenvalue weighted by Crippen LogP contribution is -2.31. The van der Waals surface area contributed by atoms with Crippen molar-refractivity contribution >= 4 is 16.9 Å². The van der Waals surface area contributed by atoms with Gasteiger partial charge in [-0.2, -0.15) is 5.10 Å². The zero-order valence-corrected chi connectivity index (χ0v) is 13.4. The third-order valence-electron chi connectivity index (χ3n) is 3.90. The lowest BCUT2D eigenvalue weighted by molar-refractivity contribution is 0.0939. The summed E-state index contributed by atoms with van der Waals surface area (Å²) in [5.74, 6) is -0.0930. The number of hydrogen-bond acceptors (Lipinski definition) is 3. The molecule has 1 amide bonds. The Morgan fingerprint density at radius 1 is 1.26 bits per heavy atom. The van der Waals surface area contributed by atoms with Gasteiger partial charge in [-0.25, -0.2) is 9.67 Å². The Morgan fingerprint density at radius 3 is 2.78 bits per heavy atom. The second kappa shape index (κ2) is 6.60. The molecule has 0 saturated heterocycles. The summed E-state index contributed by atoms with van der Waals surface area (Å²) < 4.78 is 1.85. The highest BCUT2D eigenvalue weighted by atomic mass is 16.1. The summed E-state index contributed by atoms with van der Waals surface area (Å²) >= 11 is 0. The van der Waals surface area contributed by atoms with Gasteiger partial charge in [0.2, 0.25) is 0 Å². The van der Waals surface area contributed by atoms with Crippen LogP contribution < -0.4 is 5.32 Å². The normalized spacial score (nSPS) is 12.3. The fourth-order valence-electron chi connectivity index (χ4n) is 2.38. The zero-order valence-electron chi connectivity index (χ0n) is 13.4. The third-order valence-corrected chi connectivity index (χ3v) is 3.90. The number of carbonyl (C=O) groups excluding carboxylic acids is 1. The van der Waals surface area contributed by atoms with Gasteiger partial charge in [-0.1, -0.05) is 37.3 Å². The highest BCUT2D eigenvalue weighted by Crippen LogP contribution is 2.15. The Kier molecular flexibility index (Phi) is 4.37. The van der Waals surface area contributed by atoms with Crippen molar-refractivity contribution in [3.05, 3.63) is 59.9 Å². The van der Waals surface area contributed by atoms with E-state index >= 15 is 0 Å². The Bertz CT molecular complexity index is 810. The van der Waals surface area contributed by atoms with Gasteiger partial charge in [0.15, 0.2) is 5.65 Å². The second-order valence-electron chi connectivity index (χ2n) is 5.71. The lowest BCUT2D eigenvalue weighted by atomic mass is 10.2. The summed E-state index contributed by atoms with van der Waals surface area (Å²) in [7, 11) is 0. The molecular weight excluding hydrogens is 288 g/mol. The van der Waals surface area contributed by atoms with Crippen molar-refractivity contribution in [1.82, 2.24) is 20.1 Å². The highest BCUT2D eigenvalue weighted by molar-refractivity contribution is 5.96. The van der Waals surface area contributed by atoms with Gasteiger partial charge in [-0.15, -0.1) is 0 Å². The van der Waals surface area contributed by atoms with Crippen LogP contribution in [0.4, 0.5) is 0 Å². The summed E-state index contributed by atoms with van der Waals surface area (Å²) in [6.07, 6.45) is 4.27. The third kappa shape index (κ3) is 3.39. The van der Waals surface area contributed by atoms with Crippen LogP contribution in [0.2, 0.25) is 0 Å². The molecule has 1 atom stereocenters. The molecule has 2 heterocycles. The van der Waals surface area contributed by atoms with E-state index in [1.165, 1.54) is 0 Å². The largest absolute Gasteiger partial charge is 0.350 e. The Hall–Kier alpha value is -2.69. The smallest absolute Gasteiger partial charge is 0.253 e. The van der Waals surface area contributed by atoms with Crippen LogP contribution in [0.1, 0.15) is 36.2 Å². The minimum absolute atomic E-state index is 0.0930. The van der Waals surface area contributed by atoms with E-state index in [9.17, 15) is 4.79 Å². The zero-order chi connectivity index (χ0) is 16.2. The predicted octanol–water partition coefficient (Wildman–Crippen LogP) is 3.01. The monoisotopic (exact) mass is 308 g/mol. The van der Waals surface area contributed by atoms with Gasteiger partial charge in [-0.05, 0) is 25.0 Å². The van der Waals surface area contributed by atoms with Crippen LogP contribution in [-0.2, 0) is 6.54 Å². The van der Waals surface area contributed by atoms with Crippen LogP contribution in [0.3, 0.4) is 0 Å². The molecule has 0 aliphatic carbocycles. The SMILES string of the molecule is CCC(C)NC(=O)c1cnc2c(cnn2Cc2ccccc2)c1. The first-order chi connectivity index (χ1) is 11.2. The molecule has 1 aromatic carbocycles. The first-order valence-electron chi connectivity index (χ1n) is 7.83. The molecule has 0 aliphatic heterocycles. The second-order valence-corrected chi connectivity index (χ2v) is 5.71. The number of rotatable bonds is 5. The molecule has 23 heavy (non-hydrogen) atoms. The molecule has 0 radical (unpaired) electrons. The minimum Gasteiger partial charge on any atom is -0.350 e. The van der Waals surface area contributed by atoms with Crippen LogP contribution in [0.25, 0.3) is 11.0 Å². The molecule has 0 saturated carbocycles. The van der Waals surface area contributed by atoms with Gasteiger partial charge in [-0.3, -0.25) is 4.79 Å². The number of hydrogen-bond donors (Lipinski definition) is 1. The fourth-order valence-corrected chi connectivity index (χ4v) is 2.38. The lowest BCUT2D eigenvalue weighted by Gasteiger charge is -2.11. The molecule has 1 N–H and O–H groups in total. The first-order valence-corrected chi connectivity index (χ1v) is 7.83. The minimum atomic E-state index is -0.0930. The molecule has 0 spiro atoms. The van der Waals surface area contributed by atoms with Gasteiger partial charge in [0.25, 0.3) is 5.91 Å². The van der Waals surface area contributed by atoms with Crippen LogP contribution in [0.15, 0.2) is 48.8 Å². The Labute approximate surface area is 135 Å². The van der Waals surface area contributed by atoms with Gasteiger partial charge < -0.3 is 5.32 Å². The molecule has 3 rings (SSSR count). The van der Waals surface area contributed by atoms with E-state index in [-0.39, 0.29) is 11.9 Å². The number of carbonyl (C=O) groups is 1. The average Bonchev–Trinajstić information content (AvgIpc) is 2.98. The summed E-state index contributed by atoms with van der Waals surface area (Å²) in [6, 6.07) is 12.1. The molecule has 0 fully saturated rings. The van der Waals surface area contributed by atoms with E-state index < -0.39 is 0 Å². The summed E-state index contributed by atoms with van der Waals surface area (Å²) in [4.78, 5) is 16.6. The van der Waals surface area contributed by atoms with E-state index in [1.54, 1.807) is 12.4 Å². The van der Waals surface area contributed by atoms with Crippen LogP contribution >= 0.6 is 0 Å². The number of nitrogens with zero attached hydrogens (tertiary/aromatic N) is 3. The van der Waals surface area contributed by atoms with Gasteiger partial charge >= 0.3 is 0 Å². The van der Waals surface area contributed by atoms with Crippen LogP contribution in [0, 0.1) is 0 Å². The standard InChI is InChI=1S/C18H20N4O/c1-3-13(2)21-18(23)16-9-15-11-20-22(17(15)19-10-16)12-14-7-5-4-6-8-14/h4-11,13H,3,12H2,1-2H3,(H,21,23). The summed E-state index contributed by atoms with van der Waals surface area (Å²) in [6.45, 7) is 4.69. The number of pyridine rings is 1. The van der Waals surface area contributed by atoms with Crippen molar-refractivity contribution in [1.29, 1.82) is 0 Å². The summed E-state index contributed by atoms with van der Waals surface area (Å²) in [5.41, 5.74) is 2.52. The Morgan fingerprint density at radius 2 is 2.04 bits per heavy atom. The number of amides is 1. The molecule has 1 unspecified atom stereocenters. The van der Waals surface area contributed by atoms with Gasteiger partial charge in [0.1, 0.15) is 0 Å². The number of benzene rings is 1. The van der Waals surface area contributed by atoms with Crippen LogP contribution in [0.5, 0.6) is 0 Å². The number of fused-ring (bicyclic) bond motifs is 1. The maximum absolute atomic E-state index is 12.2. The molecule has 118 valence electrons. The van der Waals surface area contributed by atoms with Gasteiger partial charge in [0.05, 0.1) is 18.3 Å². The van der Waals surface area contributed by atoms with Crippen molar-refractivity contribution in [3.63, 3.8) is 0 Å². The first kappa shape index (κ1) is 15.2. The van der Waals surface area contributed by atoms with Crippen LogP contribution in [-0.4, -0.2) is 26.7 Å². The van der Waals surface area contributed by atoms with E-state index in [0.29, 0.717) is 12.1 Å². The van der Waals surface area contributed by atoms with Crippen molar-refractivity contribution < 1.29 is 4.79 Å². The molecule has 0 aliphatic rings. The van der Waals surface area contributed by atoms with E-state index in [0.717, 1.165) is 23.0 Å². The molecule has 2 aromatic heterocycles. The quantitative estimate of drug-likeness (QED) is 0.788. The molecule has 0 bridgehead atoms. The number of nitrogens with one attached hydrogen (secondary N) is 1. The van der Waals surface area contributed by atoms with Gasteiger partial charge in [0, 0.05) is 17.6 Å². The van der Waals surface area contributed by atoms with Crippen molar-refractivity contribution in [2.24, 2.45) is 0 Å². The number of aromatic nitrogens is 3. The van der Waals surface area contributed by atoms with Crippen molar-refractivity contribution in [2.45, 2.75) is 32.9 Å². The Balaban J connectivity index is 1.84. The van der Waals surface area contributed by atoms with Crippen molar-refractivity contribution in [2.75, 3.05) is 0 Å². The average molecular weight is 308 g/mol. The fraction of sp³-hybridized carbons (Fsp3) is 0.278. The van der Waals surface area contributed by atoms with E-state index in [2.05, 4.69) is 27.5 Å². The van der Waals surface area contributed by atoms with Crippen molar-refractivity contribution in [3.8, 4) is 0 Å². The topological polar surface area (TPSA) is 59.8 Å². The highest BCUT2D eigenvalue weighted by Gasteiger charge is 2.12. The molecule has 5 nitrogen and oxygen atoms in total.